The standard InChI is InChI=1S/C5H8O3.Li/c1-4(2-3-6)5(7)8;/h6H,1-3H2,(H,7,8);/q;+1/p-1. The molecular formula is C5H7LiO3. The molecule has 0 atom stereocenters. The van der Waals surface area contributed by atoms with Crippen LogP contribution in [-0.2, 0) is 4.79 Å². The van der Waals surface area contributed by atoms with E-state index in [0.717, 1.165) is 0 Å². The van der Waals surface area contributed by atoms with Crippen molar-refractivity contribution < 1.29 is 33.9 Å². The maximum absolute atomic E-state index is 9.77. The van der Waals surface area contributed by atoms with E-state index in [1.54, 1.807) is 0 Å². The molecule has 0 amide bonds. The van der Waals surface area contributed by atoms with E-state index < -0.39 is 5.97 Å². The number of rotatable bonds is 3. The molecule has 0 aliphatic heterocycles. The summed E-state index contributed by atoms with van der Waals surface area (Å²) in [6.07, 6.45) is 0.0856. The molecule has 0 saturated carbocycles. The zero-order valence-electron chi connectivity index (χ0n) is 5.39. The maximum Gasteiger partial charge on any atom is 1.00 e. The van der Waals surface area contributed by atoms with Crippen LogP contribution in [0.5, 0.6) is 0 Å². The van der Waals surface area contributed by atoms with Crippen molar-refractivity contribution in [2.75, 3.05) is 6.61 Å². The number of carbonyl (C=O) groups is 1. The number of aliphatic hydroxyl groups excluding tert-OH is 1. The smallest absolute Gasteiger partial charge is 0.545 e. The average molecular weight is 122 g/mol. The van der Waals surface area contributed by atoms with Crippen LogP contribution >= 0.6 is 0 Å². The first-order valence-corrected chi connectivity index (χ1v) is 2.18. The Hall–Kier alpha value is -0.233. The molecule has 0 radical (unpaired) electrons. The van der Waals surface area contributed by atoms with Crippen LogP contribution in [0.1, 0.15) is 6.42 Å². The predicted octanol–water partition coefficient (Wildman–Crippen LogP) is -4.32. The number of hydrogen-bond donors (Lipinski definition) is 1. The van der Waals surface area contributed by atoms with E-state index in [-0.39, 0.29) is 37.5 Å². The molecule has 0 saturated heterocycles. The Morgan fingerprint density at radius 2 is 2.11 bits per heavy atom. The molecule has 0 spiro atoms. The topological polar surface area (TPSA) is 60.4 Å². The molecule has 0 aromatic heterocycles. The molecule has 0 bridgehead atoms. The largest absolute Gasteiger partial charge is 1.00 e. The molecule has 0 unspecified atom stereocenters. The van der Waals surface area contributed by atoms with Gasteiger partial charge in [0.2, 0.25) is 0 Å². The van der Waals surface area contributed by atoms with Crippen LogP contribution in [0.15, 0.2) is 12.2 Å². The number of aliphatic carboxylic acids is 1. The number of aliphatic hydroxyl groups is 1. The van der Waals surface area contributed by atoms with Gasteiger partial charge in [-0.3, -0.25) is 0 Å². The summed E-state index contributed by atoms with van der Waals surface area (Å²) in [6.45, 7) is 2.93. The Balaban J connectivity index is 0. The number of carboxylic acid groups (broad SMARTS) is 1. The normalized spacial score (nSPS) is 7.67. The molecule has 0 rings (SSSR count). The number of carbonyl (C=O) groups excluding carboxylic acids is 1. The van der Waals surface area contributed by atoms with E-state index in [1.807, 2.05) is 0 Å². The van der Waals surface area contributed by atoms with Gasteiger partial charge < -0.3 is 15.0 Å². The third-order valence-electron chi connectivity index (χ3n) is 0.702. The van der Waals surface area contributed by atoms with Crippen LogP contribution < -0.4 is 24.0 Å². The summed E-state index contributed by atoms with van der Waals surface area (Å²) in [5.41, 5.74) is -0.0625. The fourth-order valence-electron chi connectivity index (χ4n) is 0.237. The van der Waals surface area contributed by atoms with E-state index in [9.17, 15) is 9.90 Å². The number of hydrogen-bond acceptors (Lipinski definition) is 3. The van der Waals surface area contributed by atoms with E-state index in [0.29, 0.717) is 0 Å². The Bertz CT molecular complexity index is 111. The van der Waals surface area contributed by atoms with Gasteiger partial charge in [0.1, 0.15) is 0 Å². The van der Waals surface area contributed by atoms with Crippen molar-refractivity contribution in [3.05, 3.63) is 12.2 Å². The summed E-state index contributed by atoms with van der Waals surface area (Å²) in [6, 6.07) is 0. The Morgan fingerprint density at radius 3 is 2.22 bits per heavy atom. The van der Waals surface area contributed by atoms with Gasteiger partial charge in [0, 0.05) is 6.61 Å². The molecule has 0 fully saturated rings. The summed E-state index contributed by atoms with van der Waals surface area (Å²) >= 11 is 0. The van der Waals surface area contributed by atoms with Gasteiger partial charge in [-0.05, 0) is 12.0 Å². The van der Waals surface area contributed by atoms with Crippen molar-refractivity contribution in [3.8, 4) is 0 Å². The summed E-state index contributed by atoms with van der Waals surface area (Å²) in [4.78, 5) is 9.77. The third-order valence-corrected chi connectivity index (χ3v) is 0.702. The van der Waals surface area contributed by atoms with Gasteiger partial charge in [-0.25, -0.2) is 0 Å². The van der Waals surface area contributed by atoms with E-state index in [2.05, 4.69) is 6.58 Å². The van der Waals surface area contributed by atoms with Gasteiger partial charge in [-0.15, -0.1) is 0 Å². The third kappa shape index (κ3) is 5.64. The van der Waals surface area contributed by atoms with Crippen LogP contribution in [0, 0.1) is 0 Å². The van der Waals surface area contributed by atoms with Crippen LogP contribution in [0.25, 0.3) is 0 Å². The zero-order chi connectivity index (χ0) is 6.57. The molecular weight excluding hydrogens is 115 g/mol. The summed E-state index contributed by atoms with van der Waals surface area (Å²) in [7, 11) is 0. The summed E-state index contributed by atoms with van der Waals surface area (Å²) in [5.74, 6) is -1.29. The molecule has 0 aliphatic rings. The van der Waals surface area contributed by atoms with E-state index in [1.165, 1.54) is 0 Å². The van der Waals surface area contributed by atoms with Crippen molar-refractivity contribution in [2.24, 2.45) is 0 Å². The first-order valence-electron chi connectivity index (χ1n) is 2.18. The van der Waals surface area contributed by atoms with Crippen LogP contribution in [0.2, 0.25) is 0 Å². The monoisotopic (exact) mass is 122 g/mol. The Morgan fingerprint density at radius 1 is 1.67 bits per heavy atom. The van der Waals surface area contributed by atoms with Gasteiger partial charge in [-0.1, -0.05) is 6.58 Å². The second-order valence-electron chi connectivity index (χ2n) is 1.36. The molecule has 0 aliphatic carbocycles. The Labute approximate surface area is 65.6 Å². The molecule has 0 aromatic carbocycles. The quantitative estimate of drug-likeness (QED) is 0.304. The first-order chi connectivity index (χ1) is 3.68. The summed E-state index contributed by atoms with van der Waals surface area (Å²) < 4.78 is 0. The molecule has 1 N–H and O–H groups in total. The fraction of sp³-hybridized carbons (Fsp3) is 0.400. The van der Waals surface area contributed by atoms with Crippen molar-refractivity contribution in [1.29, 1.82) is 0 Å². The van der Waals surface area contributed by atoms with Gasteiger partial charge in [0.05, 0.1) is 5.97 Å². The van der Waals surface area contributed by atoms with Crippen molar-refractivity contribution in [3.63, 3.8) is 0 Å². The van der Waals surface area contributed by atoms with Crippen LogP contribution in [0.4, 0.5) is 0 Å². The molecule has 4 heteroatoms. The first kappa shape index (κ1) is 11.5. The Kier molecular flexibility index (Phi) is 7.57. The second-order valence-corrected chi connectivity index (χ2v) is 1.36. The van der Waals surface area contributed by atoms with Gasteiger partial charge in [-0.2, -0.15) is 0 Å². The molecule has 0 aromatic rings. The van der Waals surface area contributed by atoms with Gasteiger partial charge in [0.15, 0.2) is 0 Å². The number of carboxylic acids is 1. The minimum Gasteiger partial charge on any atom is -0.545 e. The molecule has 3 nitrogen and oxygen atoms in total. The second kappa shape index (κ2) is 5.90. The SMILES string of the molecule is C=C(CCO)C(=O)[O-].[Li+]. The fourth-order valence-corrected chi connectivity index (χ4v) is 0.237. The maximum atomic E-state index is 9.77. The minimum atomic E-state index is -1.29. The van der Waals surface area contributed by atoms with E-state index in [4.69, 9.17) is 5.11 Å². The van der Waals surface area contributed by atoms with Gasteiger partial charge >= 0.3 is 18.9 Å². The van der Waals surface area contributed by atoms with Crippen LogP contribution in [-0.4, -0.2) is 17.7 Å². The van der Waals surface area contributed by atoms with Crippen molar-refractivity contribution in [2.45, 2.75) is 6.42 Å². The minimum absolute atomic E-state index is 0. The zero-order valence-corrected chi connectivity index (χ0v) is 5.39. The van der Waals surface area contributed by atoms with E-state index >= 15 is 0 Å². The van der Waals surface area contributed by atoms with Crippen LogP contribution in [0.3, 0.4) is 0 Å². The average Bonchev–Trinajstić information content (AvgIpc) is 1.67. The molecule has 46 valence electrons. The predicted molar refractivity (Wildman–Crippen MR) is 25.8 cm³/mol. The van der Waals surface area contributed by atoms with Crippen molar-refractivity contribution in [1.82, 2.24) is 0 Å². The van der Waals surface area contributed by atoms with Crippen molar-refractivity contribution >= 4 is 5.97 Å². The van der Waals surface area contributed by atoms with Gasteiger partial charge in [0.25, 0.3) is 0 Å². The molecule has 0 heterocycles. The summed E-state index contributed by atoms with van der Waals surface area (Å²) in [5, 5.41) is 17.9. The molecule has 9 heavy (non-hydrogen) atoms.